The van der Waals surface area contributed by atoms with Crippen LogP contribution in [0.15, 0.2) is 18.2 Å². The standard InChI is InChI=1S/C14H20BrClN2/c1-10-8-18(9-14(10)17(2)3)13-6-4-5-12(16)11(13)7-15/h4-6,10,14H,7-9H2,1-3H3. The van der Waals surface area contributed by atoms with Crippen LogP contribution in [-0.4, -0.2) is 38.1 Å². The lowest BCUT2D eigenvalue weighted by Crippen LogP contribution is -2.34. The van der Waals surface area contributed by atoms with Gasteiger partial charge in [0.2, 0.25) is 0 Å². The third-order valence-electron chi connectivity index (χ3n) is 3.80. The van der Waals surface area contributed by atoms with Crippen LogP contribution in [-0.2, 0) is 5.33 Å². The number of rotatable bonds is 3. The summed E-state index contributed by atoms with van der Waals surface area (Å²) in [6.45, 7) is 4.50. The first-order valence-corrected chi connectivity index (χ1v) is 7.79. The van der Waals surface area contributed by atoms with Gasteiger partial charge in [0, 0.05) is 40.7 Å². The highest BCUT2D eigenvalue weighted by atomic mass is 79.9. The number of halogens is 2. The Kier molecular flexibility index (Phi) is 4.57. The molecule has 1 fully saturated rings. The van der Waals surface area contributed by atoms with Crippen molar-refractivity contribution < 1.29 is 0 Å². The number of likely N-dealkylation sites (N-methyl/N-ethyl adjacent to an activating group) is 1. The first kappa shape index (κ1) is 14.2. The monoisotopic (exact) mass is 330 g/mol. The van der Waals surface area contributed by atoms with E-state index in [9.17, 15) is 0 Å². The summed E-state index contributed by atoms with van der Waals surface area (Å²) in [5.74, 6) is 0.683. The summed E-state index contributed by atoms with van der Waals surface area (Å²) in [6.07, 6.45) is 0. The molecule has 1 aliphatic heterocycles. The Labute approximate surface area is 123 Å². The van der Waals surface area contributed by atoms with Gasteiger partial charge in [0.1, 0.15) is 0 Å². The first-order valence-electron chi connectivity index (χ1n) is 6.29. The van der Waals surface area contributed by atoms with Crippen molar-refractivity contribution in [3.63, 3.8) is 0 Å². The Balaban J connectivity index is 2.26. The van der Waals surface area contributed by atoms with E-state index in [-0.39, 0.29) is 0 Å². The van der Waals surface area contributed by atoms with E-state index < -0.39 is 0 Å². The summed E-state index contributed by atoms with van der Waals surface area (Å²) >= 11 is 9.82. The average Bonchev–Trinajstić information content (AvgIpc) is 2.71. The highest BCUT2D eigenvalue weighted by molar-refractivity contribution is 9.08. The summed E-state index contributed by atoms with van der Waals surface area (Å²) in [6, 6.07) is 6.79. The van der Waals surface area contributed by atoms with Gasteiger partial charge < -0.3 is 9.80 Å². The molecule has 1 heterocycles. The van der Waals surface area contributed by atoms with Crippen LogP contribution in [0.1, 0.15) is 12.5 Å². The summed E-state index contributed by atoms with van der Waals surface area (Å²) in [5, 5.41) is 1.66. The minimum absolute atomic E-state index is 0.618. The van der Waals surface area contributed by atoms with Crippen LogP contribution < -0.4 is 4.90 Å². The number of benzene rings is 1. The summed E-state index contributed by atoms with van der Waals surface area (Å²) in [5.41, 5.74) is 2.47. The Morgan fingerprint density at radius 3 is 2.67 bits per heavy atom. The van der Waals surface area contributed by atoms with E-state index in [2.05, 4.69) is 52.8 Å². The maximum atomic E-state index is 6.28. The normalized spacial score (nSPS) is 24.0. The van der Waals surface area contributed by atoms with Crippen LogP contribution in [0.25, 0.3) is 0 Å². The molecule has 0 aromatic heterocycles. The van der Waals surface area contributed by atoms with Gasteiger partial charge in [0.15, 0.2) is 0 Å². The molecule has 2 nitrogen and oxygen atoms in total. The van der Waals surface area contributed by atoms with Gasteiger partial charge in [0.05, 0.1) is 0 Å². The third kappa shape index (κ3) is 2.68. The molecule has 1 saturated heterocycles. The summed E-state index contributed by atoms with van der Waals surface area (Å²) in [4.78, 5) is 4.78. The van der Waals surface area contributed by atoms with E-state index in [1.54, 1.807) is 0 Å². The van der Waals surface area contributed by atoms with Crippen LogP contribution in [0, 0.1) is 5.92 Å². The molecule has 1 aromatic rings. The van der Waals surface area contributed by atoms with Crippen LogP contribution in [0.3, 0.4) is 0 Å². The quantitative estimate of drug-likeness (QED) is 0.781. The van der Waals surface area contributed by atoms with Crippen molar-refractivity contribution in [1.82, 2.24) is 4.90 Å². The van der Waals surface area contributed by atoms with Gasteiger partial charge in [0.25, 0.3) is 0 Å². The van der Waals surface area contributed by atoms with Gasteiger partial charge in [-0.15, -0.1) is 0 Å². The number of alkyl halides is 1. The Hall–Kier alpha value is -0.250. The molecular weight excluding hydrogens is 312 g/mol. The van der Waals surface area contributed by atoms with Crippen LogP contribution in [0.4, 0.5) is 5.69 Å². The van der Waals surface area contributed by atoms with E-state index in [1.807, 2.05) is 12.1 Å². The fourth-order valence-electron chi connectivity index (χ4n) is 2.79. The van der Waals surface area contributed by atoms with Crippen molar-refractivity contribution in [3.05, 3.63) is 28.8 Å². The van der Waals surface area contributed by atoms with Crippen LogP contribution in [0.2, 0.25) is 5.02 Å². The van der Waals surface area contributed by atoms with Gasteiger partial charge in [-0.25, -0.2) is 0 Å². The molecule has 1 aliphatic rings. The summed E-state index contributed by atoms with van der Waals surface area (Å²) < 4.78 is 0. The average molecular weight is 332 g/mol. The molecule has 100 valence electrons. The van der Waals surface area contributed by atoms with Crippen molar-refractivity contribution in [2.24, 2.45) is 5.92 Å². The zero-order chi connectivity index (χ0) is 13.3. The molecular formula is C14H20BrClN2. The van der Waals surface area contributed by atoms with E-state index >= 15 is 0 Å². The van der Waals surface area contributed by atoms with E-state index in [4.69, 9.17) is 11.6 Å². The number of nitrogens with zero attached hydrogens (tertiary/aromatic N) is 2. The third-order valence-corrected chi connectivity index (χ3v) is 4.72. The lowest BCUT2D eigenvalue weighted by molar-refractivity contribution is 0.266. The molecule has 0 radical (unpaired) electrons. The second-order valence-electron chi connectivity index (χ2n) is 5.28. The minimum Gasteiger partial charge on any atom is -0.369 e. The van der Waals surface area contributed by atoms with Crippen LogP contribution in [0.5, 0.6) is 0 Å². The molecule has 0 amide bonds. The molecule has 2 atom stereocenters. The van der Waals surface area contributed by atoms with Crippen molar-refractivity contribution in [2.45, 2.75) is 18.3 Å². The molecule has 1 aromatic carbocycles. The van der Waals surface area contributed by atoms with E-state index in [1.165, 1.54) is 11.3 Å². The topological polar surface area (TPSA) is 6.48 Å². The SMILES string of the molecule is CC1CN(c2cccc(Cl)c2CBr)CC1N(C)C. The molecule has 0 spiro atoms. The smallest absolute Gasteiger partial charge is 0.0467 e. The molecule has 0 aliphatic carbocycles. The Morgan fingerprint density at radius 1 is 1.39 bits per heavy atom. The molecule has 0 saturated carbocycles. The number of hydrogen-bond donors (Lipinski definition) is 0. The largest absolute Gasteiger partial charge is 0.369 e. The fraction of sp³-hybridized carbons (Fsp3) is 0.571. The van der Waals surface area contributed by atoms with Crippen molar-refractivity contribution in [1.29, 1.82) is 0 Å². The fourth-order valence-corrected chi connectivity index (χ4v) is 3.78. The summed E-state index contributed by atoms with van der Waals surface area (Å²) in [7, 11) is 4.32. The maximum Gasteiger partial charge on any atom is 0.0467 e. The van der Waals surface area contributed by atoms with Crippen LogP contribution >= 0.6 is 27.5 Å². The lowest BCUT2D eigenvalue weighted by Gasteiger charge is -2.24. The second kappa shape index (κ2) is 5.81. The second-order valence-corrected chi connectivity index (χ2v) is 6.25. The maximum absolute atomic E-state index is 6.28. The molecule has 0 N–H and O–H groups in total. The molecule has 2 unspecified atom stereocenters. The van der Waals surface area contributed by atoms with Crippen molar-refractivity contribution >= 4 is 33.2 Å². The van der Waals surface area contributed by atoms with Gasteiger partial charge >= 0.3 is 0 Å². The number of anilines is 1. The number of hydrogen-bond acceptors (Lipinski definition) is 2. The molecule has 0 bridgehead atoms. The van der Waals surface area contributed by atoms with Gasteiger partial charge in [-0.1, -0.05) is 40.5 Å². The predicted octanol–water partition coefficient (Wildman–Crippen LogP) is 3.62. The zero-order valence-electron chi connectivity index (χ0n) is 11.2. The van der Waals surface area contributed by atoms with Gasteiger partial charge in [-0.2, -0.15) is 0 Å². The zero-order valence-corrected chi connectivity index (χ0v) is 13.5. The predicted molar refractivity (Wildman–Crippen MR) is 82.9 cm³/mol. The van der Waals surface area contributed by atoms with Gasteiger partial charge in [-0.3, -0.25) is 0 Å². The molecule has 4 heteroatoms. The van der Waals surface area contributed by atoms with E-state index in [0.29, 0.717) is 12.0 Å². The van der Waals surface area contributed by atoms with Gasteiger partial charge in [-0.05, 0) is 32.1 Å². The highest BCUT2D eigenvalue weighted by Crippen LogP contribution is 2.33. The Morgan fingerprint density at radius 2 is 2.11 bits per heavy atom. The lowest BCUT2D eigenvalue weighted by atomic mass is 10.1. The molecule has 18 heavy (non-hydrogen) atoms. The van der Waals surface area contributed by atoms with Crippen molar-refractivity contribution in [2.75, 3.05) is 32.1 Å². The van der Waals surface area contributed by atoms with E-state index in [0.717, 1.165) is 23.4 Å². The Bertz CT molecular complexity index is 422. The minimum atomic E-state index is 0.618. The first-order chi connectivity index (χ1) is 8.54. The van der Waals surface area contributed by atoms with Crippen molar-refractivity contribution in [3.8, 4) is 0 Å². The highest BCUT2D eigenvalue weighted by Gasteiger charge is 2.32. The molecule has 2 rings (SSSR count).